The van der Waals surface area contributed by atoms with Crippen LogP contribution < -0.4 is 5.22 Å². The molecule has 0 saturated heterocycles. The van der Waals surface area contributed by atoms with Crippen molar-refractivity contribution in [2.45, 2.75) is 6.92 Å². The van der Waals surface area contributed by atoms with Crippen molar-refractivity contribution >= 4 is 45.0 Å². The van der Waals surface area contributed by atoms with E-state index < -0.39 is 0 Å². The van der Waals surface area contributed by atoms with Gasteiger partial charge in [-0.1, -0.05) is 67.8 Å². The molecule has 0 aromatic heterocycles. The highest BCUT2D eigenvalue weighted by molar-refractivity contribution is 6.22. The van der Waals surface area contributed by atoms with E-state index in [2.05, 4.69) is 68.6 Å². The van der Waals surface area contributed by atoms with Gasteiger partial charge in [-0.2, -0.15) is 0 Å². The quantitative estimate of drug-likeness (QED) is 0.328. The van der Waals surface area contributed by atoms with Gasteiger partial charge in [-0.05, 0) is 55.6 Å². The van der Waals surface area contributed by atoms with Crippen molar-refractivity contribution < 1.29 is 0 Å². The van der Waals surface area contributed by atoms with Crippen molar-refractivity contribution in [1.82, 2.24) is 0 Å². The van der Waals surface area contributed by atoms with Crippen LogP contribution in [0.1, 0.15) is 11.1 Å². The zero-order valence-electron chi connectivity index (χ0n) is 12.1. The summed E-state index contributed by atoms with van der Waals surface area (Å²) in [6.07, 6.45) is 1.95. The Morgan fingerprint density at radius 3 is 2.19 bits per heavy atom. The SMILES string of the molecule is C=Cc1c(C)ccc2c1c(=C)c1cccc3cccc2c31. The van der Waals surface area contributed by atoms with E-state index in [1.54, 1.807) is 0 Å². The third-order valence-electron chi connectivity index (χ3n) is 4.49. The van der Waals surface area contributed by atoms with Gasteiger partial charge in [0, 0.05) is 0 Å². The van der Waals surface area contributed by atoms with Gasteiger partial charge in [0.2, 0.25) is 0 Å². The van der Waals surface area contributed by atoms with E-state index in [0.717, 1.165) is 5.22 Å². The van der Waals surface area contributed by atoms with Gasteiger partial charge in [0.15, 0.2) is 0 Å². The van der Waals surface area contributed by atoms with E-state index in [0.29, 0.717) is 0 Å². The summed E-state index contributed by atoms with van der Waals surface area (Å²) in [5, 5.41) is 8.74. The maximum Gasteiger partial charge on any atom is -0.00266 e. The Bertz CT molecular complexity index is 1060. The molecule has 100 valence electrons. The first-order valence-electron chi connectivity index (χ1n) is 7.20. The van der Waals surface area contributed by atoms with Gasteiger partial charge in [0.05, 0.1) is 0 Å². The standard InChI is InChI=1S/C21H16/c1-4-16-13(2)11-12-19-18-10-6-8-15-7-5-9-17(21(15)18)14(3)20(16)19/h4-12H,1,3H2,2H3. The molecule has 0 radical (unpaired) electrons. The van der Waals surface area contributed by atoms with Crippen LogP contribution >= 0.6 is 0 Å². The van der Waals surface area contributed by atoms with Crippen LogP contribution in [0.25, 0.3) is 45.0 Å². The Hall–Kier alpha value is -2.60. The third kappa shape index (κ3) is 1.50. The van der Waals surface area contributed by atoms with Crippen LogP contribution in [0.15, 0.2) is 55.1 Å². The summed E-state index contributed by atoms with van der Waals surface area (Å²) in [4.78, 5) is 0. The number of hydrogen-bond donors (Lipinski definition) is 0. The first kappa shape index (κ1) is 12.2. The van der Waals surface area contributed by atoms with Crippen molar-refractivity contribution in [2.24, 2.45) is 0 Å². The molecule has 0 aliphatic carbocycles. The first-order valence-corrected chi connectivity index (χ1v) is 7.20. The van der Waals surface area contributed by atoms with Crippen LogP contribution in [0.3, 0.4) is 0 Å². The minimum atomic E-state index is 1.10. The maximum absolute atomic E-state index is 4.38. The molecule has 21 heavy (non-hydrogen) atoms. The molecule has 0 unspecified atom stereocenters. The molecule has 0 aliphatic rings. The zero-order chi connectivity index (χ0) is 14.6. The van der Waals surface area contributed by atoms with E-state index in [-0.39, 0.29) is 0 Å². The molecular weight excluding hydrogens is 252 g/mol. The highest BCUT2D eigenvalue weighted by Gasteiger charge is 2.11. The molecule has 0 N–H and O–H groups in total. The molecule has 4 rings (SSSR count). The van der Waals surface area contributed by atoms with Crippen molar-refractivity contribution in [3.63, 3.8) is 0 Å². The van der Waals surface area contributed by atoms with Crippen LogP contribution in [0.5, 0.6) is 0 Å². The summed E-state index contributed by atoms with van der Waals surface area (Å²) < 4.78 is 0. The molecule has 0 atom stereocenters. The second-order valence-corrected chi connectivity index (χ2v) is 5.61. The number of hydrogen-bond acceptors (Lipinski definition) is 0. The maximum atomic E-state index is 4.38. The fraction of sp³-hybridized carbons (Fsp3) is 0.0476. The zero-order valence-corrected chi connectivity index (χ0v) is 12.1. The molecule has 0 heterocycles. The number of fused-ring (bicyclic) bond motifs is 2. The molecule has 4 aromatic rings. The topological polar surface area (TPSA) is 0 Å². The van der Waals surface area contributed by atoms with Crippen LogP contribution in [-0.2, 0) is 0 Å². The predicted molar refractivity (Wildman–Crippen MR) is 94.5 cm³/mol. The lowest BCUT2D eigenvalue weighted by Crippen LogP contribution is -2.05. The van der Waals surface area contributed by atoms with E-state index >= 15 is 0 Å². The fourth-order valence-corrected chi connectivity index (χ4v) is 3.49. The summed E-state index contributed by atoms with van der Waals surface area (Å²) in [6.45, 7) is 10.5. The minimum absolute atomic E-state index is 1.10. The molecule has 0 fully saturated rings. The average Bonchev–Trinajstić information content (AvgIpc) is 2.52. The highest BCUT2D eigenvalue weighted by Crippen LogP contribution is 2.32. The van der Waals surface area contributed by atoms with Crippen molar-refractivity contribution in [3.8, 4) is 0 Å². The summed E-state index contributed by atoms with van der Waals surface area (Å²) in [6, 6.07) is 17.4. The van der Waals surface area contributed by atoms with Gasteiger partial charge in [-0.25, -0.2) is 0 Å². The minimum Gasteiger partial charge on any atom is -0.0984 e. The Balaban J connectivity index is 2.48. The van der Waals surface area contributed by atoms with Crippen LogP contribution in [0, 0.1) is 6.92 Å². The Morgan fingerprint density at radius 1 is 0.810 bits per heavy atom. The van der Waals surface area contributed by atoms with E-state index in [9.17, 15) is 0 Å². The molecule has 0 amide bonds. The fourth-order valence-electron chi connectivity index (χ4n) is 3.49. The first-order chi connectivity index (χ1) is 10.2. The Morgan fingerprint density at radius 2 is 1.48 bits per heavy atom. The average molecular weight is 268 g/mol. The molecule has 0 bridgehead atoms. The summed E-state index contributed by atoms with van der Waals surface area (Å²) in [5.41, 5.74) is 2.44. The third-order valence-corrected chi connectivity index (χ3v) is 4.49. The molecule has 0 aliphatic heterocycles. The van der Waals surface area contributed by atoms with Crippen LogP contribution in [0.2, 0.25) is 0 Å². The molecule has 4 aromatic carbocycles. The van der Waals surface area contributed by atoms with Crippen molar-refractivity contribution in [2.75, 3.05) is 0 Å². The number of aryl methyl sites for hydroxylation is 1. The predicted octanol–water partition coefficient (Wildman–Crippen LogP) is 5.23. The molecule has 0 nitrogen and oxygen atoms in total. The smallest absolute Gasteiger partial charge is 0.00266 e. The highest BCUT2D eigenvalue weighted by atomic mass is 14.1. The van der Waals surface area contributed by atoms with Gasteiger partial charge in [-0.3, -0.25) is 0 Å². The lowest BCUT2D eigenvalue weighted by atomic mass is 9.90. The van der Waals surface area contributed by atoms with Gasteiger partial charge >= 0.3 is 0 Å². The van der Waals surface area contributed by atoms with E-state index in [1.807, 2.05) is 6.08 Å². The van der Waals surface area contributed by atoms with Crippen LogP contribution in [-0.4, -0.2) is 0 Å². The summed E-state index contributed by atoms with van der Waals surface area (Å²) in [5.74, 6) is 0. The second kappa shape index (κ2) is 4.20. The lowest BCUT2D eigenvalue weighted by Gasteiger charge is -2.14. The van der Waals surface area contributed by atoms with Gasteiger partial charge < -0.3 is 0 Å². The molecule has 0 heteroatoms. The summed E-state index contributed by atoms with van der Waals surface area (Å²) in [7, 11) is 0. The summed E-state index contributed by atoms with van der Waals surface area (Å²) >= 11 is 0. The monoisotopic (exact) mass is 268 g/mol. The normalized spacial score (nSPS) is 11.5. The lowest BCUT2D eigenvalue weighted by molar-refractivity contribution is 1.48. The van der Waals surface area contributed by atoms with Gasteiger partial charge in [0.25, 0.3) is 0 Å². The molecule has 0 spiro atoms. The van der Waals surface area contributed by atoms with Gasteiger partial charge in [-0.15, -0.1) is 0 Å². The van der Waals surface area contributed by atoms with Crippen molar-refractivity contribution in [3.05, 3.63) is 71.5 Å². The number of benzene rings is 4. The number of rotatable bonds is 1. The van der Waals surface area contributed by atoms with E-state index in [4.69, 9.17) is 0 Å². The second-order valence-electron chi connectivity index (χ2n) is 5.61. The van der Waals surface area contributed by atoms with Crippen LogP contribution in [0.4, 0.5) is 0 Å². The largest absolute Gasteiger partial charge is 0.0984 e. The molecular formula is C21H16. The van der Waals surface area contributed by atoms with E-state index in [1.165, 1.54) is 43.4 Å². The van der Waals surface area contributed by atoms with Gasteiger partial charge in [0.1, 0.15) is 0 Å². The Labute approximate surface area is 124 Å². The Kier molecular flexibility index (Phi) is 2.43. The molecule has 0 saturated carbocycles. The van der Waals surface area contributed by atoms with Crippen molar-refractivity contribution in [1.29, 1.82) is 0 Å².